The minimum absolute atomic E-state index is 0.0987. The van der Waals surface area contributed by atoms with Gasteiger partial charge in [0.1, 0.15) is 6.04 Å². The number of rotatable bonds is 4. The van der Waals surface area contributed by atoms with Crippen molar-refractivity contribution in [2.24, 2.45) is 5.73 Å². The maximum absolute atomic E-state index is 13.3. The highest BCUT2D eigenvalue weighted by atomic mass is 16.5. The number of carbonyl (C=O) groups excluding carboxylic acids is 3. The van der Waals surface area contributed by atoms with Crippen LogP contribution in [-0.4, -0.2) is 64.9 Å². The highest BCUT2D eigenvalue weighted by molar-refractivity contribution is 6.05. The molecule has 3 aliphatic rings. The van der Waals surface area contributed by atoms with E-state index in [2.05, 4.69) is 24.1 Å². The fourth-order valence-corrected chi connectivity index (χ4v) is 4.53. The molecule has 2 saturated heterocycles. The minimum atomic E-state index is -0.598. The molecule has 0 aliphatic carbocycles. The first-order valence-corrected chi connectivity index (χ1v) is 10.1. The van der Waals surface area contributed by atoms with Gasteiger partial charge in [-0.2, -0.15) is 0 Å². The number of nitrogens with two attached hydrogens (primary N) is 1. The van der Waals surface area contributed by atoms with Crippen LogP contribution in [-0.2, 0) is 27.4 Å². The molecule has 4 rings (SSSR count). The smallest absolute Gasteiger partial charge is 0.255 e. The number of piperidine rings is 1. The van der Waals surface area contributed by atoms with Crippen molar-refractivity contribution in [2.75, 3.05) is 19.7 Å². The van der Waals surface area contributed by atoms with Crippen LogP contribution in [0.1, 0.15) is 48.2 Å². The van der Waals surface area contributed by atoms with E-state index in [-0.39, 0.29) is 35.8 Å². The van der Waals surface area contributed by atoms with Crippen molar-refractivity contribution in [3.63, 3.8) is 0 Å². The zero-order valence-electron chi connectivity index (χ0n) is 16.9. The summed E-state index contributed by atoms with van der Waals surface area (Å²) < 4.78 is 5.90. The molecule has 8 nitrogen and oxygen atoms in total. The zero-order valence-corrected chi connectivity index (χ0v) is 16.9. The number of hydrogen-bond acceptors (Lipinski definition) is 6. The number of carbonyl (C=O) groups is 3. The third-order valence-corrected chi connectivity index (χ3v) is 6.05. The van der Waals surface area contributed by atoms with Crippen LogP contribution in [0.4, 0.5) is 0 Å². The summed E-state index contributed by atoms with van der Waals surface area (Å²) in [5.41, 5.74) is 8.23. The maximum Gasteiger partial charge on any atom is 0.255 e. The lowest BCUT2D eigenvalue weighted by molar-refractivity contribution is -0.136. The molecule has 3 amide bonds. The lowest BCUT2D eigenvalue weighted by atomic mass is 9.99. The second kappa shape index (κ2) is 7.51. The third-order valence-electron chi connectivity index (χ3n) is 6.05. The largest absolute Gasteiger partial charge is 0.373 e. The molecule has 0 saturated carbocycles. The number of hydrogen-bond donors (Lipinski definition) is 2. The van der Waals surface area contributed by atoms with Gasteiger partial charge in [0, 0.05) is 44.2 Å². The lowest BCUT2D eigenvalue weighted by Crippen LogP contribution is -2.56. The Bertz CT molecular complexity index is 853. The summed E-state index contributed by atoms with van der Waals surface area (Å²) in [6.07, 6.45) is 0.622. The standard InChI is InChI=1S/C21H28N4O4/c1-21(2)12-24(15(8-22)11-29-21)9-13-4-3-5-14-10-25(20(28)18(13)14)16-6-7-17(26)23-19(16)27/h3-5,15-16H,6-12,22H2,1-2H3,(H,23,26,27). The molecular formula is C21H28N4O4. The van der Waals surface area contributed by atoms with Gasteiger partial charge in [-0.05, 0) is 31.4 Å². The zero-order chi connectivity index (χ0) is 20.8. The molecule has 1 aromatic rings. The van der Waals surface area contributed by atoms with E-state index in [1.165, 1.54) is 0 Å². The minimum Gasteiger partial charge on any atom is -0.373 e. The fraction of sp³-hybridized carbons (Fsp3) is 0.571. The van der Waals surface area contributed by atoms with Crippen molar-refractivity contribution in [1.82, 2.24) is 15.1 Å². The monoisotopic (exact) mass is 400 g/mol. The Hall–Kier alpha value is -2.29. The molecule has 2 unspecified atom stereocenters. The van der Waals surface area contributed by atoms with Crippen LogP contribution in [0.15, 0.2) is 18.2 Å². The van der Waals surface area contributed by atoms with Crippen LogP contribution in [0.5, 0.6) is 0 Å². The number of fused-ring (bicyclic) bond motifs is 1. The van der Waals surface area contributed by atoms with E-state index in [0.717, 1.165) is 17.7 Å². The van der Waals surface area contributed by atoms with Gasteiger partial charge in [-0.1, -0.05) is 18.2 Å². The second-order valence-electron chi connectivity index (χ2n) is 8.72. The molecule has 156 valence electrons. The molecular weight excluding hydrogens is 372 g/mol. The molecule has 2 atom stereocenters. The summed E-state index contributed by atoms with van der Waals surface area (Å²) in [7, 11) is 0. The Kier molecular flexibility index (Phi) is 5.18. The molecule has 3 heterocycles. The van der Waals surface area contributed by atoms with Crippen LogP contribution in [0.25, 0.3) is 0 Å². The van der Waals surface area contributed by atoms with Gasteiger partial charge < -0.3 is 15.4 Å². The van der Waals surface area contributed by atoms with E-state index >= 15 is 0 Å². The number of amides is 3. The van der Waals surface area contributed by atoms with Gasteiger partial charge in [0.15, 0.2) is 0 Å². The maximum atomic E-state index is 13.3. The Morgan fingerprint density at radius 3 is 2.79 bits per heavy atom. The van der Waals surface area contributed by atoms with Crippen LogP contribution in [0.3, 0.4) is 0 Å². The number of nitrogens with one attached hydrogen (secondary N) is 1. The number of ether oxygens (including phenoxy) is 1. The Morgan fingerprint density at radius 1 is 1.28 bits per heavy atom. The average molecular weight is 400 g/mol. The predicted molar refractivity (Wildman–Crippen MR) is 106 cm³/mol. The first-order valence-electron chi connectivity index (χ1n) is 10.1. The number of benzene rings is 1. The molecule has 3 N–H and O–H groups in total. The summed E-state index contributed by atoms with van der Waals surface area (Å²) in [5, 5.41) is 2.35. The SMILES string of the molecule is CC1(C)CN(Cc2cccc3c2C(=O)N(C2CCC(=O)NC2=O)C3)C(CN)CO1. The summed E-state index contributed by atoms with van der Waals surface area (Å²) >= 11 is 0. The number of nitrogens with zero attached hydrogens (tertiary/aromatic N) is 2. The third kappa shape index (κ3) is 3.80. The molecule has 0 spiro atoms. The topological polar surface area (TPSA) is 105 Å². The van der Waals surface area contributed by atoms with Crippen LogP contribution in [0, 0.1) is 0 Å². The lowest BCUT2D eigenvalue weighted by Gasteiger charge is -2.43. The molecule has 8 heteroatoms. The molecule has 3 aliphatic heterocycles. The van der Waals surface area contributed by atoms with Gasteiger partial charge in [-0.25, -0.2) is 0 Å². The summed E-state index contributed by atoms with van der Waals surface area (Å²) in [6, 6.07) is 5.37. The first kappa shape index (κ1) is 20.0. The Morgan fingerprint density at radius 2 is 2.07 bits per heavy atom. The van der Waals surface area contributed by atoms with Crippen molar-refractivity contribution < 1.29 is 19.1 Å². The van der Waals surface area contributed by atoms with E-state index in [0.29, 0.717) is 38.2 Å². The Balaban J connectivity index is 1.57. The predicted octanol–water partition coefficient (Wildman–Crippen LogP) is 0.386. The van der Waals surface area contributed by atoms with Crippen LogP contribution >= 0.6 is 0 Å². The number of morpholine rings is 1. The van der Waals surface area contributed by atoms with Gasteiger partial charge in [0.2, 0.25) is 11.8 Å². The van der Waals surface area contributed by atoms with Crippen molar-refractivity contribution in [2.45, 2.75) is 57.5 Å². The van der Waals surface area contributed by atoms with Crippen LogP contribution < -0.4 is 11.1 Å². The van der Waals surface area contributed by atoms with Gasteiger partial charge >= 0.3 is 0 Å². The van der Waals surface area contributed by atoms with Crippen molar-refractivity contribution in [3.05, 3.63) is 34.9 Å². The highest BCUT2D eigenvalue weighted by Gasteiger charge is 2.41. The van der Waals surface area contributed by atoms with E-state index < -0.39 is 6.04 Å². The quantitative estimate of drug-likeness (QED) is 0.709. The average Bonchev–Trinajstić information content (AvgIpc) is 2.99. The van der Waals surface area contributed by atoms with Crippen LogP contribution in [0.2, 0.25) is 0 Å². The van der Waals surface area contributed by atoms with Gasteiger partial charge in [0.05, 0.1) is 12.2 Å². The molecule has 0 aromatic heterocycles. The second-order valence-corrected chi connectivity index (χ2v) is 8.72. The van der Waals surface area contributed by atoms with Gasteiger partial charge in [-0.15, -0.1) is 0 Å². The number of imide groups is 1. The normalized spacial score (nSPS) is 27.1. The highest BCUT2D eigenvalue weighted by Crippen LogP contribution is 2.31. The summed E-state index contributed by atoms with van der Waals surface area (Å²) in [5.74, 6) is -0.803. The van der Waals surface area contributed by atoms with E-state index in [9.17, 15) is 14.4 Å². The Labute approximate surface area is 170 Å². The van der Waals surface area contributed by atoms with Gasteiger partial charge in [0.25, 0.3) is 5.91 Å². The van der Waals surface area contributed by atoms with Crippen molar-refractivity contribution >= 4 is 17.7 Å². The summed E-state index contributed by atoms with van der Waals surface area (Å²) in [6.45, 7) is 6.88. The van der Waals surface area contributed by atoms with Gasteiger partial charge in [-0.3, -0.25) is 24.6 Å². The molecule has 0 bridgehead atoms. The first-order chi connectivity index (χ1) is 13.8. The molecule has 0 radical (unpaired) electrons. The summed E-state index contributed by atoms with van der Waals surface area (Å²) in [4.78, 5) is 40.9. The molecule has 1 aromatic carbocycles. The van der Waals surface area contributed by atoms with E-state index in [4.69, 9.17) is 10.5 Å². The van der Waals surface area contributed by atoms with E-state index in [1.54, 1.807) is 4.90 Å². The van der Waals surface area contributed by atoms with Crippen molar-refractivity contribution in [1.29, 1.82) is 0 Å². The molecule has 29 heavy (non-hydrogen) atoms. The van der Waals surface area contributed by atoms with Crippen molar-refractivity contribution in [3.8, 4) is 0 Å². The molecule has 2 fully saturated rings. The fourth-order valence-electron chi connectivity index (χ4n) is 4.53. The van der Waals surface area contributed by atoms with E-state index in [1.807, 2.05) is 18.2 Å².